The number of carbonyl (C=O) groups is 2. The molecular weight excluding hydrogens is 360 g/mol. The maximum Gasteiger partial charge on any atom is 0.259 e. The fourth-order valence-electron chi connectivity index (χ4n) is 2.97. The predicted octanol–water partition coefficient (Wildman–Crippen LogP) is 1.01. The molecule has 146 valence electrons. The Balaban J connectivity index is 1.70. The van der Waals surface area contributed by atoms with Gasteiger partial charge in [-0.15, -0.1) is 0 Å². The molecule has 2 unspecified atom stereocenters. The molecule has 2 atom stereocenters. The average Bonchev–Trinajstić information content (AvgIpc) is 2.68. The largest absolute Gasteiger partial charge is 0.384 e. The Hall–Kier alpha value is -3.23. The van der Waals surface area contributed by atoms with Gasteiger partial charge in [0.05, 0.1) is 6.61 Å². The number of rotatable bonds is 5. The fraction of sp³-hybridized carbons (Fsp3) is 0.250. The van der Waals surface area contributed by atoms with Crippen LogP contribution in [0.3, 0.4) is 0 Å². The molecule has 8 nitrogen and oxygen atoms in total. The van der Waals surface area contributed by atoms with Crippen molar-refractivity contribution >= 4 is 29.0 Å². The van der Waals surface area contributed by atoms with E-state index in [1.54, 1.807) is 30.3 Å². The van der Waals surface area contributed by atoms with Gasteiger partial charge >= 0.3 is 0 Å². The molecule has 1 fully saturated rings. The van der Waals surface area contributed by atoms with Crippen LogP contribution in [0.5, 0.6) is 0 Å². The summed E-state index contributed by atoms with van der Waals surface area (Å²) in [5, 5.41) is 20.3. The van der Waals surface area contributed by atoms with Crippen molar-refractivity contribution in [3.05, 3.63) is 59.7 Å². The lowest BCUT2D eigenvalue weighted by Crippen LogP contribution is -2.55. The third-order valence-electron chi connectivity index (χ3n) is 4.45. The van der Waals surface area contributed by atoms with Crippen molar-refractivity contribution in [2.24, 2.45) is 5.73 Å². The maximum absolute atomic E-state index is 12.8. The molecule has 0 spiro atoms. The number of anilines is 2. The second-order valence-electron chi connectivity index (χ2n) is 6.55. The number of aliphatic hydroxyl groups is 1. The predicted molar refractivity (Wildman–Crippen MR) is 105 cm³/mol. The van der Waals surface area contributed by atoms with Crippen molar-refractivity contribution in [2.75, 3.05) is 23.4 Å². The van der Waals surface area contributed by atoms with Crippen molar-refractivity contribution in [2.45, 2.75) is 19.1 Å². The van der Waals surface area contributed by atoms with Gasteiger partial charge in [-0.1, -0.05) is 12.1 Å². The third-order valence-corrected chi connectivity index (χ3v) is 4.45. The van der Waals surface area contributed by atoms with Crippen molar-refractivity contribution in [3.8, 4) is 0 Å². The number of amides is 2. The normalized spacial score (nSPS) is 17.9. The van der Waals surface area contributed by atoms with E-state index in [-0.39, 0.29) is 12.4 Å². The molecule has 1 heterocycles. The van der Waals surface area contributed by atoms with E-state index >= 15 is 0 Å². The quantitative estimate of drug-likeness (QED) is 0.453. The number of nitrogen functional groups attached to an aromatic ring is 1. The Kier molecular flexibility index (Phi) is 5.72. The monoisotopic (exact) mass is 382 g/mol. The highest BCUT2D eigenvalue weighted by Crippen LogP contribution is 2.22. The zero-order valence-corrected chi connectivity index (χ0v) is 15.4. The summed E-state index contributed by atoms with van der Waals surface area (Å²) < 4.78 is 5.40. The fourth-order valence-corrected chi connectivity index (χ4v) is 2.97. The van der Waals surface area contributed by atoms with Gasteiger partial charge in [0.15, 0.2) is 12.2 Å². The van der Waals surface area contributed by atoms with Gasteiger partial charge in [-0.25, -0.2) is 0 Å². The van der Waals surface area contributed by atoms with Gasteiger partial charge in [-0.2, -0.15) is 0 Å². The smallest absolute Gasteiger partial charge is 0.259 e. The van der Waals surface area contributed by atoms with Gasteiger partial charge in [0.2, 0.25) is 0 Å². The number of nitrogens with two attached hydrogens (primary N) is 1. The number of morpholine rings is 1. The molecule has 0 bridgehead atoms. The van der Waals surface area contributed by atoms with Gasteiger partial charge < -0.3 is 25.8 Å². The number of ether oxygens (including phenoxy) is 1. The van der Waals surface area contributed by atoms with E-state index in [0.717, 1.165) is 5.56 Å². The van der Waals surface area contributed by atoms with Gasteiger partial charge in [0.25, 0.3) is 11.8 Å². The maximum atomic E-state index is 12.8. The van der Waals surface area contributed by atoms with Crippen LogP contribution in [-0.4, -0.2) is 48.1 Å². The second kappa shape index (κ2) is 8.20. The lowest BCUT2D eigenvalue weighted by atomic mass is 10.1. The van der Waals surface area contributed by atoms with Gasteiger partial charge in [0, 0.05) is 23.5 Å². The number of aryl methyl sites for hydroxylation is 1. The summed E-state index contributed by atoms with van der Waals surface area (Å²) in [5.41, 5.74) is 8.02. The average molecular weight is 382 g/mol. The van der Waals surface area contributed by atoms with Crippen LogP contribution in [0.2, 0.25) is 0 Å². The second-order valence-corrected chi connectivity index (χ2v) is 6.55. The number of hydrogen-bond acceptors (Lipinski definition) is 5. The number of hydrogen-bond donors (Lipinski definition) is 4. The molecule has 8 heteroatoms. The zero-order chi connectivity index (χ0) is 20.3. The molecule has 1 aliphatic heterocycles. The van der Waals surface area contributed by atoms with Crippen molar-refractivity contribution in [1.29, 1.82) is 5.41 Å². The molecule has 0 aromatic heterocycles. The van der Waals surface area contributed by atoms with Crippen molar-refractivity contribution in [1.82, 2.24) is 0 Å². The number of nitrogens with one attached hydrogen (secondary N) is 2. The molecular formula is C20H22N4O4. The summed E-state index contributed by atoms with van der Waals surface area (Å²) in [6, 6.07) is 13.7. The summed E-state index contributed by atoms with van der Waals surface area (Å²) in [6.07, 6.45) is -2.95. The summed E-state index contributed by atoms with van der Waals surface area (Å²) in [7, 11) is 0. The Labute approximate surface area is 162 Å². The molecule has 2 aromatic rings. The Morgan fingerprint density at radius 2 is 2.04 bits per heavy atom. The lowest BCUT2D eigenvalue weighted by Gasteiger charge is -2.34. The van der Waals surface area contributed by atoms with E-state index in [1.807, 2.05) is 25.1 Å². The van der Waals surface area contributed by atoms with Crippen molar-refractivity contribution in [3.63, 3.8) is 0 Å². The Morgan fingerprint density at radius 3 is 2.68 bits per heavy atom. The van der Waals surface area contributed by atoms with Gasteiger partial charge in [-0.3, -0.25) is 15.0 Å². The highest BCUT2D eigenvalue weighted by molar-refractivity contribution is 6.04. The van der Waals surface area contributed by atoms with E-state index in [2.05, 4.69) is 5.32 Å². The molecule has 5 N–H and O–H groups in total. The SMILES string of the molecule is Cc1cccc(N2CCOC(C(O)C(=O)Nc3ccc(C(=N)N)cc3)C2=O)c1. The summed E-state index contributed by atoms with van der Waals surface area (Å²) in [4.78, 5) is 26.7. The van der Waals surface area contributed by atoms with E-state index in [9.17, 15) is 14.7 Å². The van der Waals surface area contributed by atoms with Gasteiger partial charge in [0.1, 0.15) is 5.84 Å². The molecule has 3 rings (SSSR count). The van der Waals surface area contributed by atoms with Crippen molar-refractivity contribution < 1.29 is 19.4 Å². The van der Waals surface area contributed by atoms with Crippen LogP contribution in [0.1, 0.15) is 11.1 Å². The molecule has 2 aromatic carbocycles. The first-order valence-corrected chi connectivity index (χ1v) is 8.80. The minimum Gasteiger partial charge on any atom is -0.384 e. The highest BCUT2D eigenvalue weighted by atomic mass is 16.5. The molecule has 0 radical (unpaired) electrons. The van der Waals surface area contributed by atoms with E-state index in [1.165, 1.54) is 4.90 Å². The van der Waals surface area contributed by atoms with Crippen LogP contribution in [-0.2, 0) is 14.3 Å². The summed E-state index contributed by atoms with van der Waals surface area (Å²) >= 11 is 0. The van der Waals surface area contributed by atoms with Gasteiger partial charge in [-0.05, 0) is 48.9 Å². The number of aliphatic hydroxyl groups excluding tert-OH is 1. The first-order valence-electron chi connectivity index (χ1n) is 8.80. The third kappa shape index (κ3) is 4.19. The molecule has 0 saturated carbocycles. The Bertz CT molecular complexity index is 897. The standard InChI is InChI=1S/C20H22N4O4/c1-12-3-2-4-15(11-12)24-9-10-28-17(20(24)27)16(25)19(26)23-14-7-5-13(6-8-14)18(21)22/h2-8,11,16-17,25H,9-10H2,1H3,(H3,21,22)(H,23,26). The molecule has 28 heavy (non-hydrogen) atoms. The van der Waals surface area contributed by atoms with Crippen LogP contribution < -0.4 is 16.0 Å². The number of carbonyl (C=O) groups excluding carboxylic acids is 2. The minimum absolute atomic E-state index is 0.0876. The number of benzene rings is 2. The number of nitrogens with zero attached hydrogens (tertiary/aromatic N) is 1. The molecule has 1 saturated heterocycles. The first kappa shape index (κ1) is 19.5. The van der Waals surface area contributed by atoms with E-state index in [0.29, 0.717) is 23.5 Å². The topological polar surface area (TPSA) is 129 Å². The minimum atomic E-state index is -1.66. The lowest BCUT2D eigenvalue weighted by molar-refractivity contribution is -0.150. The van der Waals surface area contributed by atoms with E-state index < -0.39 is 24.0 Å². The van der Waals surface area contributed by atoms with Crippen LogP contribution in [0, 0.1) is 12.3 Å². The van der Waals surface area contributed by atoms with Crippen LogP contribution >= 0.6 is 0 Å². The highest BCUT2D eigenvalue weighted by Gasteiger charge is 2.39. The van der Waals surface area contributed by atoms with Crippen LogP contribution in [0.25, 0.3) is 0 Å². The molecule has 0 aliphatic carbocycles. The zero-order valence-electron chi connectivity index (χ0n) is 15.4. The summed E-state index contributed by atoms with van der Waals surface area (Å²) in [6.45, 7) is 2.48. The van der Waals surface area contributed by atoms with Crippen LogP contribution in [0.15, 0.2) is 48.5 Å². The molecule has 1 aliphatic rings. The van der Waals surface area contributed by atoms with Crippen LogP contribution in [0.4, 0.5) is 11.4 Å². The Morgan fingerprint density at radius 1 is 1.32 bits per heavy atom. The molecule has 2 amide bonds. The van der Waals surface area contributed by atoms with E-state index in [4.69, 9.17) is 15.9 Å². The first-order chi connectivity index (χ1) is 13.4. The summed E-state index contributed by atoms with van der Waals surface area (Å²) in [5.74, 6) is -1.30. The number of amidine groups is 1.